The van der Waals surface area contributed by atoms with E-state index in [1.807, 2.05) is 0 Å². The van der Waals surface area contributed by atoms with Gasteiger partial charge in [-0.15, -0.1) is 11.8 Å². The number of rotatable bonds is 15. The molecule has 0 aromatic carbocycles. The van der Waals surface area contributed by atoms with E-state index in [1.165, 1.54) is 72.1 Å². The molecule has 0 aliphatic carbocycles. The zero-order valence-electron chi connectivity index (χ0n) is 20.4. The summed E-state index contributed by atoms with van der Waals surface area (Å²) in [5, 5.41) is 0. The molecule has 0 bridgehead atoms. The lowest BCUT2D eigenvalue weighted by Crippen LogP contribution is -2.59. The Hall–Kier alpha value is -1.28. The maximum Gasteiger partial charge on any atom is 0.303 e. The van der Waals surface area contributed by atoms with Crippen LogP contribution in [-0.4, -0.2) is 53.5 Å². The van der Waals surface area contributed by atoms with Crippen molar-refractivity contribution in [2.45, 2.75) is 129 Å². The minimum Gasteiger partial charge on any atom is -0.456 e. The summed E-state index contributed by atoms with van der Waals surface area (Å²) in [5.74, 6) is -0.703. The maximum atomic E-state index is 11.7. The number of carbonyl (C=O) groups excluding carboxylic acids is 3. The van der Waals surface area contributed by atoms with E-state index >= 15 is 0 Å². The fourth-order valence-electron chi connectivity index (χ4n) is 3.89. The van der Waals surface area contributed by atoms with Crippen molar-refractivity contribution in [1.29, 1.82) is 0 Å². The van der Waals surface area contributed by atoms with Crippen LogP contribution in [0.1, 0.15) is 98.8 Å². The van der Waals surface area contributed by atoms with Crippen LogP contribution >= 0.6 is 11.8 Å². The Morgan fingerprint density at radius 2 is 1.12 bits per heavy atom. The van der Waals surface area contributed by atoms with Crippen molar-refractivity contribution in [2.24, 2.45) is 0 Å². The molecule has 1 saturated heterocycles. The second-order valence-corrected chi connectivity index (χ2v) is 9.69. The SMILES string of the molecule is CCCCCCCCCCCCS[C@H]1O[C@@H](C)[C@@H](OC(C)=O)[C@@H](OC(C)=O)[C@@H]1OC(C)=O. The maximum absolute atomic E-state index is 11.7. The highest BCUT2D eigenvalue weighted by Crippen LogP contribution is 2.34. The van der Waals surface area contributed by atoms with E-state index < -0.39 is 47.8 Å². The zero-order chi connectivity index (χ0) is 23.9. The van der Waals surface area contributed by atoms with Gasteiger partial charge in [0.05, 0.1) is 6.10 Å². The summed E-state index contributed by atoms with van der Waals surface area (Å²) >= 11 is 1.55. The van der Waals surface area contributed by atoms with Crippen molar-refractivity contribution in [1.82, 2.24) is 0 Å². The van der Waals surface area contributed by atoms with Crippen LogP contribution in [-0.2, 0) is 33.3 Å². The van der Waals surface area contributed by atoms with E-state index in [0.29, 0.717) is 0 Å². The third-order valence-corrected chi connectivity index (χ3v) is 6.65. The molecule has 186 valence electrons. The molecule has 8 heteroatoms. The van der Waals surface area contributed by atoms with Gasteiger partial charge >= 0.3 is 17.9 Å². The molecular weight excluding hydrogens is 432 g/mol. The van der Waals surface area contributed by atoms with E-state index in [1.54, 1.807) is 18.7 Å². The number of esters is 3. The monoisotopic (exact) mass is 474 g/mol. The largest absolute Gasteiger partial charge is 0.456 e. The fraction of sp³-hybridized carbons (Fsp3) is 0.875. The van der Waals surface area contributed by atoms with Crippen LogP contribution in [0.4, 0.5) is 0 Å². The number of carbonyl (C=O) groups is 3. The molecule has 1 aliphatic rings. The number of hydrogen-bond donors (Lipinski definition) is 0. The fourth-order valence-corrected chi connectivity index (χ4v) is 5.15. The van der Waals surface area contributed by atoms with Gasteiger partial charge in [0.1, 0.15) is 5.44 Å². The molecule has 1 rings (SSSR count). The van der Waals surface area contributed by atoms with E-state index in [2.05, 4.69) is 6.92 Å². The Bertz CT molecular complexity index is 569. The van der Waals surface area contributed by atoms with Crippen molar-refractivity contribution >= 4 is 29.7 Å². The molecule has 1 fully saturated rings. The Labute approximate surface area is 197 Å². The van der Waals surface area contributed by atoms with E-state index in [-0.39, 0.29) is 0 Å². The molecule has 0 amide bonds. The summed E-state index contributed by atoms with van der Waals surface area (Å²) in [6.45, 7) is 7.86. The molecule has 5 atom stereocenters. The second kappa shape index (κ2) is 16.4. The molecule has 0 spiro atoms. The lowest BCUT2D eigenvalue weighted by molar-refractivity contribution is -0.229. The average Bonchev–Trinajstić information content (AvgIpc) is 2.70. The van der Waals surface area contributed by atoms with Crippen molar-refractivity contribution in [2.75, 3.05) is 5.75 Å². The van der Waals surface area contributed by atoms with Gasteiger partial charge < -0.3 is 18.9 Å². The van der Waals surface area contributed by atoms with Crippen LogP contribution in [0.2, 0.25) is 0 Å². The van der Waals surface area contributed by atoms with Crippen molar-refractivity contribution in [3.63, 3.8) is 0 Å². The molecule has 0 radical (unpaired) electrons. The molecule has 32 heavy (non-hydrogen) atoms. The van der Waals surface area contributed by atoms with Crippen LogP contribution in [0, 0.1) is 0 Å². The summed E-state index contributed by atoms with van der Waals surface area (Å²) in [5.41, 5.74) is -0.497. The number of unbranched alkanes of at least 4 members (excludes halogenated alkanes) is 9. The minimum absolute atomic E-state index is 0.497. The predicted octanol–water partition coefficient (Wildman–Crippen LogP) is 5.18. The van der Waals surface area contributed by atoms with Crippen LogP contribution in [0.3, 0.4) is 0 Å². The first-order valence-corrected chi connectivity index (χ1v) is 13.1. The summed E-state index contributed by atoms with van der Waals surface area (Å²) < 4.78 is 22.3. The number of thioether (sulfide) groups is 1. The Morgan fingerprint density at radius 3 is 1.62 bits per heavy atom. The quantitative estimate of drug-likeness (QED) is 0.182. The molecular formula is C24H42O7S. The highest BCUT2D eigenvalue weighted by Gasteiger charge is 2.50. The summed E-state index contributed by atoms with van der Waals surface area (Å²) in [7, 11) is 0. The average molecular weight is 475 g/mol. The van der Waals surface area contributed by atoms with E-state index in [0.717, 1.165) is 18.6 Å². The molecule has 0 aromatic heterocycles. The second-order valence-electron chi connectivity index (χ2n) is 8.48. The van der Waals surface area contributed by atoms with Crippen molar-refractivity contribution < 1.29 is 33.3 Å². The van der Waals surface area contributed by atoms with Gasteiger partial charge in [-0.25, -0.2) is 0 Å². The van der Waals surface area contributed by atoms with Gasteiger partial charge in [0, 0.05) is 20.8 Å². The zero-order valence-corrected chi connectivity index (χ0v) is 21.2. The molecule has 0 aromatic rings. The van der Waals surface area contributed by atoms with E-state index in [4.69, 9.17) is 18.9 Å². The Morgan fingerprint density at radius 1 is 0.688 bits per heavy atom. The van der Waals surface area contributed by atoms with Gasteiger partial charge in [0.25, 0.3) is 0 Å². The van der Waals surface area contributed by atoms with Crippen LogP contribution < -0.4 is 0 Å². The van der Waals surface area contributed by atoms with Gasteiger partial charge in [0.15, 0.2) is 18.3 Å². The standard InChI is InChI=1S/C24H42O7S/c1-6-7-8-9-10-11-12-13-14-15-16-32-24-23(31-20(5)27)22(30-19(4)26)21(17(2)28-24)29-18(3)25/h17,21-24H,6-16H2,1-5H3/t17-,21+,22+,23-,24+/m0/s1. The van der Waals surface area contributed by atoms with Crippen LogP contribution in [0.5, 0.6) is 0 Å². The normalized spacial score (nSPS) is 25.2. The molecule has 7 nitrogen and oxygen atoms in total. The summed E-state index contributed by atoms with van der Waals surface area (Å²) in [6, 6.07) is 0. The molecule has 1 aliphatic heterocycles. The minimum atomic E-state index is -0.908. The van der Waals surface area contributed by atoms with Gasteiger partial charge in [-0.3, -0.25) is 14.4 Å². The smallest absolute Gasteiger partial charge is 0.303 e. The Balaban J connectivity index is 2.53. The lowest BCUT2D eigenvalue weighted by atomic mass is 10.00. The first-order valence-electron chi connectivity index (χ1n) is 12.0. The number of hydrogen-bond acceptors (Lipinski definition) is 8. The Kier molecular flexibility index (Phi) is 14.7. The number of ether oxygens (including phenoxy) is 4. The molecule has 0 saturated carbocycles. The topological polar surface area (TPSA) is 88.1 Å². The van der Waals surface area contributed by atoms with Crippen LogP contribution in [0.15, 0.2) is 0 Å². The van der Waals surface area contributed by atoms with Crippen molar-refractivity contribution in [3.05, 3.63) is 0 Å². The first kappa shape index (κ1) is 28.8. The van der Waals surface area contributed by atoms with Gasteiger partial charge in [-0.2, -0.15) is 0 Å². The van der Waals surface area contributed by atoms with Gasteiger partial charge in [-0.1, -0.05) is 64.7 Å². The van der Waals surface area contributed by atoms with E-state index in [9.17, 15) is 14.4 Å². The third kappa shape index (κ3) is 11.5. The highest BCUT2D eigenvalue weighted by atomic mass is 32.2. The third-order valence-electron chi connectivity index (χ3n) is 5.41. The van der Waals surface area contributed by atoms with Crippen LogP contribution in [0.25, 0.3) is 0 Å². The summed E-state index contributed by atoms with van der Waals surface area (Å²) in [4.78, 5) is 35.0. The van der Waals surface area contributed by atoms with Gasteiger partial charge in [-0.05, 0) is 19.1 Å². The highest BCUT2D eigenvalue weighted by molar-refractivity contribution is 7.99. The first-order chi connectivity index (χ1) is 15.3. The summed E-state index contributed by atoms with van der Waals surface area (Å²) in [6.07, 6.45) is 9.52. The molecule has 0 unspecified atom stereocenters. The van der Waals surface area contributed by atoms with Crippen molar-refractivity contribution in [3.8, 4) is 0 Å². The lowest BCUT2D eigenvalue weighted by Gasteiger charge is -2.43. The predicted molar refractivity (Wildman–Crippen MR) is 125 cm³/mol. The van der Waals surface area contributed by atoms with Gasteiger partial charge in [0.2, 0.25) is 0 Å². The molecule has 0 N–H and O–H groups in total. The molecule has 1 heterocycles.